The number of hydrogen-bond acceptors (Lipinski definition) is 1. The molecule has 4 heteroatoms. The average molecular weight is 135 g/mol. The van der Waals surface area contributed by atoms with Gasteiger partial charge >= 0.3 is 6.03 Å². The summed E-state index contributed by atoms with van der Waals surface area (Å²) in [6.07, 6.45) is 2.18. The first kappa shape index (κ1) is 5.69. The van der Waals surface area contributed by atoms with Gasteiger partial charge in [0, 0.05) is 17.8 Å². The van der Waals surface area contributed by atoms with Crippen LogP contribution >= 0.6 is 11.8 Å². The van der Waals surface area contributed by atoms with Crippen molar-refractivity contribution >= 4 is 17.8 Å². The zero-order valence-electron chi connectivity index (χ0n) is 4.28. The highest BCUT2D eigenvalue weighted by atomic mass is 35.5. The molecule has 0 unspecified atom stereocenters. The van der Waals surface area contributed by atoms with Crippen molar-refractivity contribution in [2.45, 2.75) is 18.9 Å². The van der Waals surface area contributed by atoms with Crippen molar-refractivity contribution in [3.63, 3.8) is 0 Å². The van der Waals surface area contributed by atoms with Crippen LogP contribution < -0.4 is 10.2 Å². The van der Waals surface area contributed by atoms with E-state index in [1.807, 2.05) is 4.84 Å². The molecule has 0 bridgehead atoms. The second-order valence-electron chi connectivity index (χ2n) is 1.84. The third kappa shape index (κ3) is 1.58. The fourth-order valence-corrected chi connectivity index (χ4v) is 0.495. The summed E-state index contributed by atoms with van der Waals surface area (Å²) in [6, 6.07) is 0.0860. The van der Waals surface area contributed by atoms with Crippen LogP contribution in [-0.2, 0) is 0 Å². The van der Waals surface area contributed by atoms with E-state index in [1.54, 1.807) is 0 Å². The van der Waals surface area contributed by atoms with E-state index in [0.717, 1.165) is 12.8 Å². The van der Waals surface area contributed by atoms with Gasteiger partial charge in [0.05, 0.1) is 0 Å². The maximum absolute atomic E-state index is 10.3. The van der Waals surface area contributed by atoms with Gasteiger partial charge in [-0.2, -0.15) is 0 Å². The number of carbonyl (C=O) groups is 1. The normalized spacial score (nSPS) is 17.6. The molecule has 0 atom stereocenters. The molecule has 1 aliphatic rings. The Morgan fingerprint density at radius 2 is 2.25 bits per heavy atom. The summed E-state index contributed by atoms with van der Waals surface area (Å²) in [7, 11) is 0. The van der Waals surface area contributed by atoms with Gasteiger partial charge in [-0.05, 0) is 12.8 Å². The quantitative estimate of drug-likeness (QED) is 0.507. The Morgan fingerprint density at radius 1 is 1.62 bits per heavy atom. The van der Waals surface area contributed by atoms with E-state index in [4.69, 9.17) is 11.8 Å². The van der Waals surface area contributed by atoms with Crippen LogP contribution in [0, 0.1) is 0 Å². The lowest BCUT2D eigenvalue weighted by Crippen LogP contribution is -2.31. The lowest BCUT2D eigenvalue weighted by Gasteiger charge is -1.96. The van der Waals surface area contributed by atoms with E-state index in [0.29, 0.717) is 6.04 Å². The van der Waals surface area contributed by atoms with Crippen molar-refractivity contribution in [1.82, 2.24) is 10.2 Å². The minimum Gasteiger partial charge on any atom is -0.334 e. The molecule has 0 heterocycles. The van der Waals surface area contributed by atoms with Crippen LogP contribution in [0.25, 0.3) is 0 Å². The molecule has 8 heavy (non-hydrogen) atoms. The summed E-state index contributed by atoms with van der Waals surface area (Å²) >= 11 is 4.96. The van der Waals surface area contributed by atoms with Crippen LogP contribution in [0.1, 0.15) is 12.8 Å². The number of amides is 2. The summed E-state index contributed by atoms with van der Waals surface area (Å²) in [5, 5.41) is 2.62. The highest BCUT2D eigenvalue weighted by Crippen LogP contribution is 2.18. The van der Waals surface area contributed by atoms with E-state index in [1.165, 1.54) is 0 Å². The zero-order chi connectivity index (χ0) is 5.98. The molecular weight excluding hydrogens is 128 g/mol. The second-order valence-corrected chi connectivity index (χ2v) is 2.03. The van der Waals surface area contributed by atoms with Crippen LogP contribution in [-0.4, -0.2) is 12.1 Å². The Hall–Kier alpha value is -0.440. The van der Waals surface area contributed by atoms with E-state index in [9.17, 15) is 4.79 Å². The van der Waals surface area contributed by atoms with Crippen molar-refractivity contribution in [2.75, 3.05) is 0 Å². The van der Waals surface area contributed by atoms with Gasteiger partial charge in [-0.15, -0.1) is 0 Å². The molecule has 3 nitrogen and oxygen atoms in total. The number of nitrogens with one attached hydrogen (secondary N) is 2. The van der Waals surface area contributed by atoms with Crippen LogP contribution in [0.4, 0.5) is 4.79 Å². The van der Waals surface area contributed by atoms with Crippen molar-refractivity contribution < 1.29 is 4.79 Å². The van der Waals surface area contributed by atoms with E-state index >= 15 is 0 Å². The lowest BCUT2D eigenvalue weighted by molar-refractivity contribution is 0.245. The SMILES string of the molecule is O=C(NCl)NC1CC1. The first-order valence-electron chi connectivity index (χ1n) is 2.50. The number of urea groups is 1. The predicted octanol–water partition coefficient (Wildman–Crippen LogP) is 0.602. The Labute approximate surface area is 52.5 Å². The minimum atomic E-state index is -0.297. The van der Waals surface area contributed by atoms with Crippen molar-refractivity contribution in [2.24, 2.45) is 0 Å². The van der Waals surface area contributed by atoms with Gasteiger partial charge in [0.15, 0.2) is 0 Å². The fourth-order valence-electron chi connectivity index (χ4n) is 0.440. The number of carbonyl (C=O) groups excluding carboxylic acids is 1. The smallest absolute Gasteiger partial charge is 0.329 e. The molecule has 46 valence electrons. The van der Waals surface area contributed by atoms with Crippen molar-refractivity contribution in [3.8, 4) is 0 Å². The van der Waals surface area contributed by atoms with E-state index in [-0.39, 0.29) is 6.03 Å². The standard InChI is InChI=1S/C4H7ClN2O/c5-7-4(8)6-3-1-2-3/h3H,1-2H2,(H2,6,7,8). The summed E-state index contributed by atoms with van der Waals surface area (Å²) in [6.45, 7) is 0. The molecule has 1 aliphatic carbocycles. The average Bonchev–Trinajstić information content (AvgIpc) is 2.50. The monoisotopic (exact) mass is 134 g/mol. The molecule has 1 saturated carbocycles. The molecule has 0 aliphatic heterocycles. The fraction of sp³-hybridized carbons (Fsp3) is 0.750. The Morgan fingerprint density at radius 3 is 2.62 bits per heavy atom. The molecule has 0 saturated heterocycles. The maximum Gasteiger partial charge on any atom is 0.329 e. The van der Waals surface area contributed by atoms with Gasteiger partial charge in [-0.3, -0.25) is 0 Å². The Kier molecular flexibility index (Phi) is 1.58. The maximum atomic E-state index is 10.3. The molecule has 1 fully saturated rings. The molecular formula is C4H7ClN2O. The number of halogens is 1. The first-order chi connectivity index (χ1) is 3.83. The summed E-state index contributed by atoms with van der Waals surface area (Å²) in [4.78, 5) is 12.3. The van der Waals surface area contributed by atoms with Gasteiger partial charge in [-0.25, -0.2) is 9.63 Å². The molecule has 2 N–H and O–H groups in total. The van der Waals surface area contributed by atoms with Crippen LogP contribution in [0.2, 0.25) is 0 Å². The van der Waals surface area contributed by atoms with Crippen molar-refractivity contribution in [1.29, 1.82) is 0 Å². The topological polar surface area (TPSA) is 41.1 Å². The highest BCUT2D eigenvalue weighted by molar-refractivity contribution is 6.21. The Bertz CT molecular complexity index is 102. The number of hydrogen-bond donors (Lipinski definition) is 2. The van der Waals surface area contributed by atoms with Crippen molar-refractivity contribution in [3.05, 3.63) is 0 Å². The van der Waals surface area contributed by atoms with Gasteiger partial charge in [0.25, 0.3) is 0 Å². The van der Waals surface area contributed by atoms with Gasteiger partial charge in [-0.1, -0.05) is 0 Å². The minimum absolute atomic E-state index is 0.297. The zero-order valence-corrected chi connectivity index (χ0v) is 5.03. The third-order valence-corrected chi connectivity index (χ3v) is 1.17. The summed E-state index contributed by atoms with van der Waals surface area (Å²) < 4.78 is 0. The molecule has 0 spiro atoms. The molecule has 0 aromatic carbocycles. The first-order valence-corrected chi connectivity index (χ1v) is 2.88. The summed E-state index contributed by atoms with van der Waals surface area (Å²) in [5.41, 5.74) is 0. The predicted molar refractivity (Wildman–Crippen MR) is 30.5 cm³/mol. The van der Waals surface area contributed by atoms with Gasteiger partial charge in [0.2, 0.25) is 0 Å². The molecule has 0 aromatic rings. The summed E-state index contributed by atoms with van der Waals surface area (Å²) in [5.74, 6) is 0. The lowest BCUT2D eigenvalue weighted by atomic mass is 10.7. The Balaban J connectivity index is 2.07. The van der Waals surface area contributed by atoms with Crippen LogP contribution in [0.3, 0.4) is 0 Å². The van der Waals surface area contributed by atoms with Gasteiger partial charge in [0.1, 0.15) is 0 Å². The highest BCUT2D eigenvalue weighted by Gasteiger charge is 2.22. The second kappa shape index (κ2) is 2.22. The van der Waals surface area contributed by atoms with E-state index in [2.05, 4.69) is 5.32 Å². The van der Waals surface area contributed by atoms with Crippen LogP contribution in [0.5, 0.6) is 0 Å². The van der Waals surface area contributed by atoms with Crippen LogP contribution in [0.15, 0.2) is 0 Å². The molecule has 2 amide bonds. The van der Waals surface area contributed by atoms with Gasteiger partial charge < -0.3 is 5.32 Å². The largest absolute Gasteiger partial charge is 0.334 e. The molecule has 0 radical (unpaired) electrons. The number of rotatable bonds is 1. The van der Waals surface area contributed by atoms with E-state index < -0.39 is 0 Å². The third-order valence-electron chi connectivity index (χ3n) is 0.998. The molecule has 1 rings (SSSR count). The molecule has 0 aromatic heterocycles.